The molecule has 0 unspecified atom stereocenters. The molecule has 144 valence electrons. The summed E-state index contributed by atoms with van der Waals surface area (Å²) >= 11 is 5.58. The van der Waals surface area contributed by atoms with Crippen LogP contribution in [-0.4, -0.2) is 29.8 Å². The Bertz CT molecular complexity index is 1160. The first-order valence-corrected chi connectivity index (χ1v) is 9.68. The Morgan fingerprint density at radius 3 is 2.34 bits per heavy atom. The molecule has 6 heteroatoms. The summed E-state index contributed by atoms with van der Waals surface area (Å²) in [4.78, 5) is 27.2. The molecule has 1 aliphatic rings. The standard InChI is InChI=1S/C23H19N3O2S/c24-12-13-25-20(17-11-10-15-6-4-5-7-16(15)14-17)19-21(27)22(28)26(23(19)29)18-8-2-1-3-9-18/h1-11,14,25H,12-13,24H2/b20-19+. The van der Waals surface area contributed by atoms with Gasteiger partial charge >= 0.3 is 5.91 Å². The fourth-order valence-corrected chi connectivity index (χ4v) is 3.80. The lowest BCUT2D eigenvalue weighted by Crippen LogP contribution is -2.29. The Balaban J connectivity index is 1.87. The molecule has 3 N–H and O–H groups in total. The number of nitrogens with one attached hydrogen (secondary N) is 1. The highest BCUT2D eigenvalue weighted by molar-refractivity contribution is 7.81. The lowest BCUT2D eigenvalue weighted by atomic mass is 10.0. The molecule has 0 radical (unpaired) electrons. The smallest absolute Gasteiger partial charge is 0.304 e. The number of rotatable bonds is 5. The quantitative estimate of drug-likeness (QED) is 0.390. The average molecular weight is 401 g/mol. The second-order valence-electron chi connectivity index (χ2n) is 6.64. The Morgan fingerprint density at radius 1 is 0.931 bits per heavy atom. The van der Waals surface area contributed by atoms with E-state index in [2.05, 4.69) is 5.32 Å². The number of Topliss-reactive ketones (excluding diaryl/α,β-unsaturated/α-hetero) is 1. The van der Waals surface area contributed by atoms with Gasteiger partial charge in [-0.15, -0.1) is 0 Å². The molecule has 3 aromatic carbocycles. The minimum absolute atomic E-state index is 0.193. The van der Waals surface area contributed by atoms with Crippen molar-refractivity contribution in [3.05, 3.63) is 83.9 Å². The molecule has 1 saturated heterocycles. The van der Waals surface area contributed by atoms with E-state index >= 15 is 0 Å². The van der Waals surface area contributed by atoms with E-state index in [0.717, 1.165) is 16.3 Å². The minimum Gasteiger partial charge on any atom is -0.383 e. The number of ketones is 1. The summed E-state index contributed by atoms with van der Waals surface area (Å²) in [7, 11) is 0. The highest BCUT2D eigenvalue weighted by Crippen LogP contribution is 2.30. The van der Waals surface area contributed by atoms with E-state index < -0.39 is 11.7 Å². The molecule has 29 heavy (non-hydrogen) atoms. The van der Waals surface area contributed by atoms with Gasteiger partial charge in [0.1, 0.15) is 4.99 Å². The van der Waals surface area contributed by atoms with Crippen molar-refractivity contribution >= 4 is 51.1 Å². The van der Waals surface area contributed by atoms with Crippen LogP contribution >= 0.6 is 12.2 Å². The molecule has 1 amide bonds. The molecule has 3 aromatic rings. The number of amides is 1. The molecular weight excluding hydrogens is 382 g/mol. The predicted molar refractivity (Wildman–Crippen MR) is 119 cm³/mol. The Labute approximate surface area is 173 Å². The van der Waals surface area contributed by atoms with Crippen molar-refractivity contribution in [2.24, 2.45) is 5.73 Å². The SMILES string of the molecule is NCCN/C(=C1\C(=O)C(=O)N(c2ccccc2)C1=S)c1ccc2ccccc2c1. The zero-order chi connectivity index (χ0) is 20.4. The number of benzene rings is 3. The maximum absolute atomic E-state index is 12.9. The number of anilines is 1. The predicted octanol–water partition coefficient (Wildman–Crippen LogP) is 3.04. The molecule has 4 rings (SSSR count). The summed E-state index contributed by atoms with van der Waals surface area (Å²) in [5, 5.41) is 5.33. The zero-order valence-electron chi connectivity index (χ0n) is 15.6. The van der Waals surface area contributed by atoms with Crippen LogP contribution in [0.4, 0.5) is 5.69 Å². The van der Waals surface area contributed by atoms with Crippen LogP contribution in [0, 0.1) is 0 Å². The fraction of sp³-hybridized carbons (Fsp3) is 0.0870. The molecular formula is C23H19N3O2S. The Hall–Kier alpha value is -3.35. The summed E-state index contributed by atoms with van der Waals surface area (Å²) < 4.78 is 0. The van der Waals surface area contributed by atoms with Gasteiger partial charge in [0.25, 0.3) is 5.78 Å². The second kappa shape index (κ2) is 7.95. The van der Waals surface area contributed by atoms with Crippen LogP contribution in [0.5, 0.6) is 0 Å². The van der Waals surface area contributed by atoms with Gasteiger partial charge < -0.3 is 11.1 Å². The zero-order valence-corrected chi connectivity index (χ0v) is 16.4. The van der Waals surface area contributed by atoms with Crippen LogP contribution < -0.4 is 16.0 Å². The van der Waals surface area contributed by atoms with Crippen LogP contribution in [0.2, 0.25) is 0 Å². The first kappa shape index (κ1) is 19.0. The first-order valence-electron chi connectivity index (χ1n) is 9.27. The largest absolute Gasteiger partial charge is 0.383 e. The molecule has 1 aliphatic heterocycles. The number of hydrogen-bond donors (Lipinski definition) is 2. The number of thiocarbonyl (C=S) groups is 1. The van der Waals surface area contributed by atoms with Gasteiger partial charge in [0, 0.05) is 13.1 Å². The molecule has 0 saturated carbocycles. The van der Waals surface area contributed by atoms with E-state index in [1.54, 1.807) is 24.3 Å². The molecule has 0 aliphatic carbocycles. The van der Waals surface area contributed by atoms with E-state index in [-0.39, 0.29) is 10.6 Å². The van der Waals surface area contributed by atoms with Gasteiger partial charge in [-0.2, -0.15) is 0 Å². The highest BCUT2D eigenvalue weighted by atomic mass is 32.1. The maximum Gasteiger partial charge on any atom is 0.304 e. The minimum atomic E-state index is -0.649. The average Bonchev–Trinajstić information content (AvgIpc) is 2.98. The lowest BCUT2D eigenvalue weighted by molar-refractivity contribution is -0.132. The van der Waals surface area contributed by atoms with Gasteiger partial charge in [0.2, 0.25) is 0 Å². The molecule has 0 aromatic heterocycles. The van der Waals surface area contributed by atoms with E-state index in [0.29, 0.717) is 24.5 Å². The summed E-state index contributed by atoms with van der Waals surface area (Å²) in [5.74, 6) is -1.27. The van der Waals surface area contributed by atoms with Crippen molar-refractivity contribution in [2.75, 3.05) is 18.0 Å². The number of hydrogen-bond acceptors (Lipinski definition) is 5. The van der Waals surface area contributed by atoms with Crippen molar-refractivity contribution in [3.63, 3.8) is 0 Å². The van der Waals surface area contributed by atoms with Crippen LogP contribution in [-0.2, 0) is 9.59 Å². The lowest BCUT2D eigenvalue weighted by Gasteiger charge is -2.17. The number of nitrogens with zero attached hydrogens (tertiary/aromatic N) is 1. The van der Waals surface area contributed by atoms with Gasteiger partial charge in [-0.3, -0.25) is 14.5 Å². The van der Waals surface area contributed by atoms with E-state index in [9.17, 15) is 9.59 Å². The van der Waals surface area contributed by atoms with Crippen LogP contribution in [0.25, 0.3) is 16.5 Å². The third-order valence-electron chi connectivity index (χ3n) is 4.79. The van der Waals surface area contributed by atoms with Crippen molar-refractivity contribution in [1.82, 2.24) is 5.32 Å². The normalized spacial score (nSPS) is 15.9. The molecule has 1 heterocycles. The monoisotopic (exact) mass is 401 g/mol. The molecule has 0 spiro atoms. The Kier molecular flexibility index (Phi) is 5.20. The number of nitrogens with two attached hydrogens (primary N) is 1. The number of fused-ring (bicyclic) bond motifs is 1. The third kappa shape index (κ3) is 3.44. The topological polar surface area (TPSA) is 75.4 Å². The molecule has 0 bridgehead atoms. The maximum atomic E-state index is 12.9. The number of carbonyl (C=O) groups excluding carboxylic acids is 2. The Morgan fingerprint density at radius 2 is 1.62 bits per heavy atom. The van der Waals surface area contributed by atoms with Gasteiger partial charge in [-0.25, -0.2) is 0 Å². The van der Waals surface area contributed by atoms with E-state index in [4.69, 9.17) is 18.0 Å². The summed E-state index contributed by atoms with van der Waals surface area (Å²) in [6.45, 7) is 0.822. The first-order chi connectivity index (χ1) is 14.1. The molecule has 5 nitrogen and oxygen atoms in total. The molecule has 1 fully saturated rings. The third-order valence-corrected chi connectivity index (χ3v) is 5.18. The highest BCUT2D eigenvalue weighted by Gasteiger charge is 2.42. The van der Waals surface area contributed by atoms with Gasteiger partial charge in [0.15, 0.2) is 0 Å². The van der Waals surface area contributed by atoms with E-state index in [1.165, 1.54) is 4.90 Å². The summed E-state index contributed by atoms with van der Waals surface area (Å²) in [6, 6.07) is 22.8. The van der Waals surface area contributed by atoms with Gasteiger partial charge in [0.05, 0.1) is 17.0 Å². The van der Waals surface area contributed by atoms with Crippen molar-refractivity contribution < 1.29 is 9.59 Å². The van der Waals surface area contributed by atoms with E-state index in [1.807, 2.05) is 48.5 Å². The second-order valence-corrected chi connectivity index (χ2v) is 7.02. The summed E-state index contributed by atoms with van der Waals surface area (Å²) in [6.07, 6.45) is 0. The van der Waals surface area contributed by atoms with Gasteiger partial charge in [-0.05, 0) is 34.5 Å². The van der Waals surface area contributed by atoms with Crippen LogP contribution in [0.3, 0.4) is 0 Å². The number of para-hydroxylation sites is 1. The van der Waals surface area contributed by atoms with Crippen molar-refractivity contribution in [2.45, 2.75) is 0 Å². The van der Waals surface area contributed by atoms with Crippen molar-refractivity contribution in [3.8, 4) is 0 Å². The van der Waals surface area contributed by atoms with Crippen LogP contribution in [0.15, 0.2) is 78.4 Å². The van der Waals surface area contributed by atoms with Crippen LogP contribution in [0.1, 0.15) is 5.56 Å². The molecule has 0 atom stereocenters. The van der Waals surface area contributed by atoms with Gasteiger partial charge in [-0.1, -0.05) is 66.8 Å². The summed E-state index contributed by atoms with van der Waals surface area (Å²) in [5.41, 5.74) is 7.77. The van der Waals surface area contributed by atoms with Crippen molar-refractivity contribution in [1.29, 1.82) is 0 Å². The fourth-order valence-electron chi connectivity index (χ4n) is 3.42. The number of carbonyl (C=O) groups is 2.